The first kappa shape index (κ1) is 18.6. The number of aromatic nitrogens is 3. The third kappa shape index (κ3) is 3.40. The van der Waals surface area contributed by atoms with E-state index < -0.39 is 11.1 Å². The van der Waals surface area contributed by atoms with Gasteiger partial charge in [-0.05, 0) is 44.4 Å². The zero-order chi connectivity index (χ0) is 19.8. The molecule has 2 aromatic heterocycles. The van der Waals surface area contributed by atoms with Crippen LogP contribution in [0.25, 0.3) is 11.2 Å². The van der Waals surface area contributed by atoms with Crippen LogP contribution < -0.4 is 11.1 Å². The Kier molecular flexibility index (Phi) is 4.89. The molecule has 0 atom stereocenters. The maximum atomic E-state index is 12.8. The average Bonchev–Trinajstić information content (AvgIpc) is 2.69. The number of likely N-dealkylation sites (tertiary alicyclic amines) is 1. The van der Waals surface area contributed by atoms with Gasteiger partial charge in [-0.3, -0.25) is 19.1 Å². The molecular formula is C22H26N4O2. The number of piperidine rings is 1. The molecule has 0 bridgehead atoms. The van der Waals surface area contributed by atoms with Gasteiger partial charge in [0, 0.05) is 38.4 Å². The van der Waals surface area contributed by atoms with Crippen molar-refractivity contribution < 1.29 is 0 Å². The zero-order valence-electron chi connectivity index (χ0n) is 16.7. The Morgan fingerprint density at radius 3 is 2.32 bits per heavy atom. The predicted octanol–water partition coefficient (Wildman–Crippen LogP) is 2.55. The minimum atomic E-state index is -0.486. The summed E-state index contributed by atoms with van der Waals surface area (Å²) in [7, 11) is 1.64. The van der Waals surface area contributed by atoms with E-state index in [0.717, 1.165) is 38.2 Å². The van der Waals surface area contributed by atoms with Crippen LogP contribution in [0, 0.1) is 13.8 Å². The molecule has 1 aromatic carbocycles. The van der Waals surface area contributed by atoms with E-state index in [1.165, 1.54) is 15.7 Å². The van der Waals surface area contributed by atoms with Crippen molar-refractivity contribution in [3.8, 4) is 0 Å². The highest BCUT2D eigenvalue weighted by atomic mass is 16.2. The normalized spacial score (nSPS) is 16.0. The second kappa shape index (κ2) is 7.36. The molecule has 0 amide bonds. The number of hydrogen-bond acceptors (Lipinski definition) is 4. The van der Waals surface area contributed by atoms with E-state index in [2.05, 4.69) is 41.1 Å². The molecule has 28 heavy (non-hydrogen) atoms. The van der Waals surface area contributed by atoms with E-state index in [1.54, 1.807) is 11.6 Å². The minimum absolute atomic E-state index is 0.00691. The van der Waals surface area contributed by atoms with Gasteiger partial charge in [-0.2, -0.15) is 0 Å². The molecule has 1 fully saturated rings. The molecule has 1 saturated heterocycles. The lowest BCUT2D eigenvalue weighted by Gasteiger charge is -2.33. The Morgan fingerprint density at radius 1 is 0.964 bits per heavy atom. The fourth-order valence-corrected chi connectivity index (χ4v) is 4.05. The Balaban J connectivity index is 1.60. The van der Waals surface area contributed by atoms with Crippen molar-refractivity contribution in [3.05, 3.63) is 73.9 Å². The molecule has 6 nitrogen and oxygen atoms in total. The monoisotopic (exact) mass is 378 g/mol. The predicted molar refractivity (Wildman–Crippen MR) is 111 cm³/mol. The van der Waals surface area contributed by atoms with Crippen LogP contribution in [-0.4, -0.2) is 32.1 Å². The number of aryl methyl sites for hydroxylation is 3. The van der Waals surface area contributed by atoms with Crippen LogP contribution in [-0.2, 0) is 13.6 Å². The maximum absolute atomic E-state index is 12.8. The smallest absolute Gasteiger partial charge is 0.304 e. The van der Waals surface area contributed by atoms with E-state index in [-0.39, 0.29) is 6.04 Å². The summed E-state index contributed by atoms with van der Waals surface area (Å²) in [5.41, 5.74) is 3.78. The summed E-state index contributed by atoms with van der Waals surface area (Å²) in [6.07, 6.45) is 1.67. The molecule has 0 aliphatic carbocycles. The van der Waals surface area contributed by atoms with Crippen LogP contribution in [0.1, 0.15) is 35.7 Å². The first-order chi connectivity index (χ1) is 13.4. The van der Waals surface area contributed by atoms with Crippen LogP contribution in [0.5, 0.6) is 0 Å². The Hall–Kier alpha value is -2.73. The lowest BCUT2D eigenvalue weighted by molar-refractivity contribution is 0.179. The van der Waals surface area contributed by atoms with Crippen LogP contribution in [0.3, 0.4) is 0 Å². The number of fused-ring (bicyclic) bond motifs is 1. The quantitative estimate of drug-likeness (QED) is 0.657. The summed E-state index contributed by atoms with van der Waals surface area (Å²) in [5, 5.41) is 0. The highest BCUT2D eigenvalue weighted by Gasteiger charge is 2.25. The van der Waals surface area contributed by atoms with Gasteiger partial charge in [0.2, 0.25) is 0 Å². The van der Waals surface area contributed by atoms with E-state index in [1.807, 2.05) is 19.1 Å². The molecule has 1 aliphatic rings. The molecule has 0 spiro atoms. The highest BCUT2D eigenvalue weighted by molar-refractivity contribution is 5.71. The molecule has 4 rings (SSSR count). The lowest BCUT2D eigenvalue weighted by atomic mass is 10.0. The molecule has 0 unspecified atom stereocenters. The van der Waals surface area contributed by atoms with Crippen LogP contribution in [0.4, 0.5) is 0 Å². The molecule has 3 aromatic rings. The molecule has 0 saturated carbocycles. The van der Waals surface area contributed by atoms with Gasteiger partial charge in [0.05, 0.1) is 5.52 Å². The van der Waals surface area contributed by atoms with Gasteiger partial charge in [-0.1, -0.05) is 29.8 Å². The van der Waals surface area contributed by atoms with Crippen LogP contribution >= 0.6 is 0 Å². The summed E-state index contributed by atoms with van der Waals surface area (Å²) in [4.78, 5) is 32.3. The van der Waals surface area contributed by atoms with Crippen molar-refractivity contribution in [2.45, 2.75) is 39.3 Å². The summed E-state index contributed by atoms with van der Waals surface area (Å²) < 4.78 is 3.06. The lowest BCUT2D eigenvalue weighted by Crippen LogP contribution is -2.45. The number of rotatable bonds is 3. The Bertz CT molecular complexity index is 1120. The van der Waals surface area contributed by atoms with E-state index in [9.17, 15) is 9.59 Å². The van der Waals surface area contributed by atoms with Gasteiger partial charge in [-0.15, -0.1) is 0 Å². The largest absolute Gasteiger partial charge is 0.318 e. The zero-order valence-corrected chi connectivity index (χ0v) is 16.7. The van der Waals surface area contributed by atoms with Gasteiger partial charge in [-0.25, -0.2) is 4.98 Å². The standard InChI is InChI=1S/C22H26N4O2/c1-15-4-7-17(8-5-15)14-25-12-10-18(11-13-25)26-20-19(9-6-16(2)23-20)24(3)21(27)22(26)28/h4-9,18H,10-14H2,1-3H3. The average molecular weight is 378 g/mol. The maximum Gasteiger partial charge on any atom is 0.318 e. The van der Waals surface area contributed by atoms with Gasteiger partial charge in [0.15, 0.2) is 5.65 Å². The van der Waals surface area contributed by atoms with Gasteiger partial charge >= 0.3 is 11.1 Å². The molecule has 0 radical (unpaired) electrons. The van der Waals surface area contributed by atoms with E-state index in [0.29, 0.717) is 11.2 Å². The molecule has 6 heteroatoms. The molecule has 3 heterocycles. The second-order valence-corrected chi connectivity index (χ2v) is 7.83. The first-order valence-corrected chi connectivity index (χ1v) is 9.81. The number of benzene rings is 1. The molecule has 0 N–H and O–H groups in total. The third-order valence-corrected chi connectivity index (χ3v) is 5.74. The van der Waals surface area contributed by atoms with Crippen molar-refractivity contribution in [2.24, 2.45) is 7.05 Å². The fourth-order valence-electron chi connectivity index (χ4n) is 4.05. The van der Waals surface area contributed by atoms with E-state index in [4.69, 9.17) is 0 Å². The third-order valence-electron chi connectivity index (χ3n) is 5.74. The van der Waals surface area contributed by atoms with Crippen molar-refractivity contribution in [1.82, 2.24) is 19.0 Å². The number of hydrogen-bond donors (Lipinski definition) is 0. The summed E-state index contributed by atoms with van der Waals surface area (Å²) in [5.74, 6) is 0. The van der Waals surface area contributed by atoms with Crippen molar-refractivity contribution >= 4 is 11.2 Å². The summed E-state index contributed by atoms with van der Waals surface area (Å²) in [6.45, 7) is 6.71. The van der Waals surface area contributed by atoms with Crippen LogP contribution in [0.15, 0.2) is 46.0 Å². The molecule has 146 valence electrons. The topological polar surface area (TPSA) is 60.1 Å². The molecule has 1 aliphatic heterocycles. The second-order valence-electron chi connectivity index (χ2n) is 7.83. The highest BCUT2D eigenvalue weighted by Crippen LogP contribution is 2.25. The minimum Gasteiger partial charge on any atom is -0.304 e. The number of pyridine rings is 1. The Labute approximate surface area is 164 Å². The van der Waals surface area contributed by atoms with Gasteiger partial charge < -0.3 is 4.57 Å². The van der Waals surface area contributed by atoms with Gasteiger partial charge in [0.25, 0.3) is 0 Å². The SMILES string of the molecule is Cc1ccc(CN2CCC(n3c(=O)c(=O)n(C)c4ccc(C)nc43)CC2)cc1. The number of nitrogens with zero attached hydrogens (tertiary/aromatic N) is 4. The van der Waals surface area contributed by atoms with Crippen molar-refractivity contribution in [3.63, 3.8) is 0 Å². The summed E-state index contributed by atoms with van der Waals surface area (Å²) >= 11 is 0. The van der Waals surface area contributed by atoms with Crippen molar-refractivity contribution in [1.29, 1.82) is 0 Å². The van der Waals surface area contributed by atoms with Gasteiger partial charge in [0.1, 0.15) is 0 Å². The first-order valence-electron chi connectivity index (χ1n) is 9.81. The van der Waals surface area contributed by atoms with Crippen LogP contribution in [0.2, 0.25) is 0 Å². The molecular weight excluding hydrogens is 352 g/mol. The summed E-state index contributed by atoms with van der Waals surface area (Å²) in [6, 6.07) is 12.4. The Morgan fingerprint density at radius 2 is 1.64 bits per heavy atom. The fraction of sp³-hybridized carbons (Fsp3) is 0.409. The van der Waals surface area contributed by atoms with E-state index >= 15 is 0 Å². The van der Waals surface area contributed by atoms with Crippen molar-refractivity contribution in [2.75, 3.05) is 13.1 Å².